The summed E-state index contributed by atoms with van der Waals surface area (Å²) in [7, 11) is 0. The molecule has 15 heavy (non-hydrogen) atoms. The van der Waals surface area contributed by atoms with E-state index in [-0.39, 0.29) is 12.4 Å². The van der Waals surface area contributed by atoms with Gasteiger partial charge in [0.05, 0.1) is 6.61 Å². The summed E-state index contributed by atoms with van der Waals surface area (Å²) in [4.78, 5) is 11.6. The number of carbonyl (C=O) groups excluding carboxylic acids is 1. The number of ketones is 1. The van der Waals surface area contributed by atoms with Crippen molar-refractivity contribution in [2.75, 3.05) is 18.1 Å². The van der Waals surface area contributed by atoms with Gasteiger partial charge in [-0.25, -0.2) is 0 Å². The summed E-state index contributed by atoms with van der Waals surface area (Å²) in [6, 6.07) is 9.38. The molecule has 2 nitrogen and oxygen atoms in total. The van der Waals surface area contributed by atoms with Gasteiger partial charge in [-0.2, -0.15) is 11.8 Å². The van der Waals surface area contributed by atoms with Crippen molar-refractivity contribution in [3.05, 3.63) is 35.9 Å². The highest BCUT2D eigenvalue weighted by Crippen LogP contribution is 2.08. The molecule has 0 heterocycles. The van der Waals surface area contributed by atoms with E-state index in [0.29, 0.717) is 6.42 Å². The maximum absolute atomic E-state index is 11.6. The Labute approximate surface area is 94.7 Å². The van der Waals surface area contributed by atoms with Crippen LogP contribution in [0.15, 0.2) is 30.3 Å². The van der Waals surface area contributed by atoms with Gasteiger partial charge in [0.25, 0.3) is 0 Å². The van der Waals surface area contributed by atoms with Gasteiger partial charge in [-0.3, -0.25) is 4.79 Å². The van der Waals surface area contributed by atoms with E-state index in [9.17, 15) is 4.79 Å². The molecule has 0 radical (unpaired) electrons. The van der Waals surface area contributed by atoms with E-state index in [1.54, 1.807) is 11.8 Å². The van der Waals surface area contributed by atoms with Gasteiger partial charge >= 0.3 is 0 Å². The predicted octanol–water partition coefficient (Wildman–Crippen LogP) is 2.38. The molecule has 1 aromatic rings. The largest absolute Gasteiger partial charge is 0.396 e. The summed E-state index contributed by atoms with van der Waals surface area (Å²) in [6.45, 7) is 0.220. The lowest BCUT2D eigenvalue weighted by molar-refractivity contribution is 0.0982. The zero-order valence-corrected chi connectivity index (χ0v) is 9.50. The second-order valence-corrected chi connectivity index (χ2v) is 4.45. The fraction of sp³-hybridized carbons (Fsp3) is 0.417. The molecule has 1 rings (SSSR count). The summed E-state index contributed by atoms with van der Waals surface area (Å²) in [5.41, 5.74) is 0.796. The van der Waals surface area contributed by atoms with Crippen molar-refractivity contribution >= 4 is 17.5 Å². The van der Waals surface area contributed by atoms with Gasteiger partial charge in [-0.1, -0.05) is 30.3 Å². The summed E-state index contributed by atoms with van der Waals surface area (Å²) >= 11 is 1.69. The molecule has 0 amide bonds. The lowest BCUT2D eigenvalue weighted by Crippen LogP contribution is -1.99. The Morgan fingerprint density at radius 3 is 2.60 bits per heavy atom. The normalized spacial score (nSPS) is 10.2. The molecule has 0 saturated heterocycles. The van der Waals surface area contributed by atoms with Crippen molar-refractivity contribution in [2.45, 2.75) is 12.8 Å². The highest BCUT2D eigenvalue weighted by molar-refractivity contribution is 7.99. The maximum atomic E-state index is 11.6. The van der Waals surface area contributed by atoms with Crippen LogP contribution < -0.4 is 0 Å². The number of hydrogen-bond acceptors (Lipinski definition) is 3. The maximum Gasteiger partial charge on any atom is 0.162 e. The second kappa shape index (κ2) is 7.49. The molecule has 3 heteroatoms. The highest BCUT2D eigenvalue weighted by atomic mass is 32.2. The summed E-state index contributed by atoms with van der Waals surface area (Å²) in [6.07, 6.45) is 1.49. The molecule has 0 aliphatic heterocycles. The van der Waals surface area contributed by atoms with Crippen LogP contribution in [0.2, 0.25) is 0 Å². The molecule has 0 atom stereocenters. The van der Waals surface area contributed by atoms with E-state index in [0.717, 1.165) is 23.5 Å². The molecule has 0 aliphatic carbocycles. The van der Waals surface area contributed by atoms with E-state index >= 15 is 0 Å². The molecule has 1 aromatic carbocycles. The van der Waals surface area contributed by atoms with Crippen LogP contribution in [0.25, 0.3) is 0 Å². The third-order valence-electron chi connectivity index (χ3n) is 2.02. The summed E-state index contributed by atoms with van der Waals surface area (Å²) in [5.74, 6) is 1.92. The predicted molar refractivity (Wildman–Crippen MR) is 64.4 cm³/mol. The third kappa shape index (κ3) is 5.00. The first-order valence-corrected chi connectivity index (χ1v) is 6.27. The van der Waals surface area contributed by atoms with Crippen molar-refractivity contribution in [3.63, 3.8) is 0 Å². The monoisotopic (exact) mass is 224 g/mol. The van der Waals surface area contributed by atoms with E-state index in [1.807, 2.05) is 30.3 Å². The molecule has 0 fully saturated rings. The summed E-state index contributed by atoms with van der Waals surface area (Å²) in [5, 5.41) is 8.57. The quantitative estimate of drug-likeness (QED) is 0.570. The Kier molecular flexibility index (Phi) is 6.12. The standard InChI is InChI=1S/C12H16O2S/c13-8-10-15-9-4-7-12(14)11-5-2-1-3-6-11/h1-3,5-6,13H,4,7-10H2. The SMILES string of the molecule is O=C(CCCSCCO)c1ccccc1. The van der Waals surface area contributed by atoms with Crippen molar-refractivity contribution in [3.8, 4) is 0 Å². The van der Waals surface area contributed by atoms with Crippen molar-refractivity contribution < 1.29 is 9.90 Å². The molecule has 0 aliphatic rings. The van der Waals surface area contributed by atoms with Crippen molar-refractivity contribution in [1.29, 1.82) is 0 Å². The fourth-order valence-electron chi connectivity index (χ4n) is 1.27. The highest BCUT2D eigenvalue weighted by Gasteiger charge is 2.03. The van der Waals surface area contributed by atoms with E-state index < -0.39 is 0 Å². The molecular weight excluding hydrogens is 208 g/mol. The number of benzene rings is 1. The number of Topliss-reactive ketones (excluding diaryl/α,β-unsaturated/α-hetero) is 1. The Morgan fingerprint density at radius 2 is 1.93 bits per heavy atom. The van der Waals surface area contributed by atoms with Gasteiger partial charge in [-0.05, 0) is 12.2 Å². The number of aliphatic hydroxyl groups is 1. The Balaban J connectivity index is 2.20. The number of thioether (sulfide) groups is 1. The van der Waals surface area contributed by atoms with Crippen LogP contribution in [-0.4, -0.2) is 29.0 Å². The summed E-state index contributed by atoms with van der Waals surface area (Å²) < 4.78 is 0. The molecule has 0 bridgehead atoms. The van der Waals surface area contributed by atoms with Crippen LogP contribution in [0.3, 0.4) is 0 Å². The third-order valence-corrected chi connectivity index (χ3v) is 3.07. The molecule has 0 aromatic heterocycles. The van der Waals surface area contributed by atoms with Crippen LogP contribution in [0.5, 0.6) is 0 Å². The van der Waals surface area contributed by atoms with Crippen molar-refractivity contribution in [2.24, 2.45) is 0 Å². The second-order valence-electron chi connectivity index (χ2n) is 3.23. The zero-order valence-electron chi connectivity index (χ0n) is 8.69. The topological polar surface area (TPSA) is 37.3 Å². The van der Waals surface area contributed by atoms with E-state index in [4.69, 9.17) is 5.11 Å². The first-order valence-electron chi connectivity index (χ1n) is 5.11. The number of carbonyl (C=O) groups is 1. The first-order chi connectivity index (χ1) is 7.34. The van der Waals surface area contributed by atoms with E-state index in [1.165, 1.54) is 0 Å². The number of hydrogen-bond donors (Lipinski definition) is 1. The smallest absolute Gasteiger partial charge is 0.162 e. The van der Waals surface area contributed by atoms with Crippen LogP contribution in [0, 0.1) is 0 Å². The lowest BCUT2D eigenvalue weighted by atomic mass is 10.1. The Morgan fingerprint density at radius 1 is 1.20 bits per heavy atom. The van der Waals surface area contributed by atoms with E-state index in [2.05, 4.69) is 0 Å². The molecule has 0 saturated carbocycles. The lowest BCUT2D eigenvalue weighted by Gasteiger charge is -2.00. The minimum absolute atomic E-state index is 0.209. The number of rotatable bonds is 7. The van der Waals surface area contributed by atoms with Gasteiger partial charge in [0.1, 0.15) is 0 Å². The Bertz CT molecular complexity index is 285. The minimum atomic E-state index is 0.209. The average Bonchev–Trinajstić information content (AvgIpc) is 2.30. The van der Waals surface area contributed by atoms with Crippen LogP contribution in [0.4, 0.5) is 0 Å². The molecule has 82 valence electrons. The Hall–Kier alpha value is -0.800. The fourth-order valence-corrected chi connectivity index (χ4v) is 1.95. The van der Waals surface area contributed by atoms with Gasteiger partial charge in [-0.15, -0.1) is 0 Å². The van der Waals surface area contributed by atoms with Gasteiger partial charge in [0.15, 0.2) is 5.78 Å². The zero-order chi connectivity index (χ0) is 10.9. The molecular formula is C12H16O2S. The average molecular weight is 224 g/mol. The van der Waals surface area contributed by atoms with Crippen LogP contribution in [0.1, 0.15) is 23.2 Å². The number of aliphatic hydroxyl groups excluding tert-OH is 1. The molecule has 0 spiro atoms. The minimum Gasteiger partial charge on any atom is -0.396 e. The van der Waals surface area contributed by atoms with Gasteiger partial charge < -0.3 is 5.11 Å². The van der Waals surface area contributed by atoms with Gasteiger partial charge in [0, 0.05) is 17.7 Å². The van der Waals surface area contributed by atoms with Crippen molar-refractivity contribution in [1.82, 2.24) is 0 Å². The van der Waals surface area contributed by atoms with Crippen LogP contribution >= 0.6 is 11.8 Å². The van der Waals surface area contributed by atoms with Gasteiger partial charge in [0.2, 0.25) is 0 Å². The van der Waals surface area contributed by atoms with Crippen LogP contribution in [-0.2, 0) is 0 Å². The first kappa shape index (κ1) is 12.3. The molecule has 0 unspecified atom stereocenters. The molecule has 1 N–H and O–H groups in total.